The van der Waals surface area contributed by atoms with E-state index in [2.05, 4.69) is 30.3 Å². The van der Waals surface area contributed by atoms with E-state index in [0.29, 0.717) is 12.2 Å². The lowest BCUT2D eigenvalue weighted by atomic mass is 9.98. The average molecular weight is 399 g/mol. The zero-order chi connectivity index (χ0) is 17.4. The van der Waals surface area contributed by atoms with Crippen LogP contribution in [-0.4, -0.2) is 18.0 Å². The van der Waals surface area contributed by atoms with E-state index >= 15 is 0 Å². The Labute approximate surface area is 162 Å². The van der Waals surface area contributed by atoms with E-state index in [4.69, 9.17) is 20.9 Å². The summed E-state index contributed by atoms with van der Waals surface area (Å²) in [5.74, 6) is 0.987. The van der Waals surface area contributed by atoms with Gasteiger partial charge in [0.05, 0.1) is 12.2 Å². The summed E-state index contributed by atoms with van der Waals surface area (Å²) >= 11 is 7.80. The summed E-state index contributed by atoms with van der Waals surface area (Å²) in [7, 11) is 0. The molecule has 0 atom stereocenters. The van der Waals surface area contributed by atoms with E-state index in [1.54, 1.807) is 11.4 Å². The molecule has 0 radical (unpaired) electrons. The van der Waals surface area contributed by atoms with Crippen molar-refractivity contribution in [1.29, 1.82) is 0 Å². The van der Waals surface area contributed by atoms with E-state index < -0.39 is 5.69 Å². The molecule has 2 saturated carbocycles. The molecule has 1 aromatic carbocycles. The van der Waals surface area contributed by atoms with Crippen LogP contribution < -0.4 is 0 Å². The molecule has 0 saturated heterocycles. The molecule has 2 nitrogen and oxygen atoms in total. The van der Waals surface area contributed by atoms with Crippen LogP contribution in [0.25, 0.3) is 0 Å². The molecule has 0 unspecified atom stereocenters. The molecule has 0 N–H and O–H groups in total. The number of hydrogen-bond acceptors (Lipinski definition) is 4. The fraction of sp³-hybridized carbons (Fsp3) is 0.700. The third-order valence-electron chi connectivity index (χ3n) is 5.14. The quantitative estimate of drug-likeness (QED) is 0.444. The Morgan fingerprint density at radius 2 is 1.36 bits per heavy atom. The van der Waals surface area contributed by atoms with Crippen molar-refractivity contribution < 1.29 is 9.05 Å². The van der Waals surface area contributed by atoms with Gasteiger partial charge in [-0.1, -0.05) is 80.2 Å². The van der Waals surface area contributed by atoms with Crippen LogP contribution in [0.2, 0.25) is 0 Å². The molecule has 0 heterocycles. The molecule has 140 valence electrons. The first kappa shape index (κ1) is 19.9. The Balaban J connectivity index is 1.56. The van der Waals surface area contributed by atoms with Gasteiger partial charge in [0.2, 0.25) is 5.69 Å². The standard InChI is InChI=1S/C20H31O2PS2/c24-23(21-19-12-6-2-7-13-19,22-20-14-8-3-9-15-20)25-17-16-18-10-4-1-5-11-18/h1,4-5,10-11,19-20H,2-3,6-9,12-17H2. The maximum absolute atomic E-state index is 6.49. The Bertz CT molecular complexity index is 516. The molecule has 0 aliphatic heterocycles. The van der Waals surface area contributed by atoms with Crippen LogP contribution in [0.1, 0.15) is 69.8 Å². The third kappa shape index (κ3) is 6.99. The molecule has 3 rings (SSSR count). The number of hydrogen-bond donors (Lipinski definition) is 0. The van der Waals surface area contributed by atoms with Gasteiger partial charge in [-0.3, -0.25) is 0 Å². The zero-order valence-corrected chi connectivity index (χ0v) is 17.6. The van der Waals surface area contributed by atoms with Gasteiger partial charge in [0, 0.05) is 5.75 Å². The molecule has 2 fully saturated rings. The molecular formula is C20H31O2PS2. The molecular weight excluding hydrogens is 367 g/mol. The van der Waals surface area contributed by atoms with Crippen molar-refractivity contribution in [2.24, 2.45) is 0 Å². The van der Waals surface area contributed by atoms with Crippen molar-refractivity contribution in [3.05, 3.63) is 35.9 Å². The van der Waals surface area contributed by atoms with Gasteiger partial charge in [0.1, 0.15) is 0 Å². The molecule has 0 bridgehead atoms. The normalized spacial score (nSPS) is 20.6. The predicted octanol–water partition coefficient (Wildman–Crippen LogP) is 6.89. The summed E-state index contributed by atoms with van der Waals surface area (Å²) in [6, 6.07) is 10.7. The van der Waals surface area contributed by atoms with E-state index in [1.165, 1.54) is 44.1 Å². The lowest BCUT2D eigenvalue weighted by molar-refractivity contribution is 0.109. The van der Waals surface area contributed by atoms with E-state index in [0.717, 1.165) is 37.9 Å². The van der Waals surface area contributed by atoms with E-state index in [9.17, 15) is 0 Å². The molecule has 0 aromatic heterocycles. The Kier molecular flexibility index (Phi) is 8.33. The first-order chi connectivity index (χ1) is 12.2. The van der Waals surface area contributed by atoms with Gasteiger partial charge >= 0.3 is 0 Å². The zero-order valence-electron chi connectivity index (χ0n) is 15.1. The summed E-state index contributed by atoms with van der Waals surface area (Å²) < 4.78 is 13.0. The van der Waals surface area contributed by atoms with Crippen LogP contribution in [0.15, 0.2) is 30.3 Å². The summed E-state index contributed by atoms with van der Waals surface area (Å²) in [6.45, 7) is 0. The largest absolute Gasteiger partial charge is 0.318 e. The minimum absolute atomic E-state index is 0.326. The van der Waals surface area contributed by atoms with Gasteiger partial charge in [0.25, 0.3) is 0 Å². The van der Waals surface area contributed by atoms with E-state index in [-0.39, 0.29) is 0 Å². The fourth-order valence-electron chi connectivity index (χ4n) is 3.71. The average Bonchev–Trinajstić information content (AvgIpc) is 2.64. The summed E-state index contributed by atoms with van der Waals surface area (Å²) in [4.78, 5) is 0. The second kappa shape index (κ2) is 10.5. The van der Waals surface area contributed by atoms with E-state index in [1.807, 2.05) is 0 Å². The summed E-state index contributed by atoms with van der Waals surface area (Å²) in [5.41, 5.74) is -0.876. The minimum atomic E-state index is -2.24. The highest BCUT2D eigenvalue weighted by molar-refractivity contribution is 8.67. The Morgan fingerprint density at radius 1 is 0.840 bits per heavy atom. The maximum atomic E-state index is 6.49. The molecule has 2 aliphatic rings. The van der Waals surface area contributed by atoms with Crippen LogP contribution in [0, 0.1) is 0 Å². The number of aryl methyl sites for hydroxylation is 1. The molecule has 2 aliphatic carbocycles. The van der Waals surface area contributed by atoms with Crippen LogP contribution in [-0.2, 0) is 27.3 Å². The van der Waals surface area contributed by atoms with Gasteiger partial charge < -0.3 is 9.05 Å². The SMILES string of the molecule is S=P(OC1CCCCC1)(OC1CCCCC1)SCCc1ccccc1. The van der Waals surface area contributed by atoms with Crippen molar-refractivity contribution in [3.63, 3.8) is 0 Å². The smallest absolute Gasteiger partial charge is 0.247 e. The Hall–Kier alpha value is 0.140. The molecule has 25 heavy (non-hydrogen) atoms. The molecule has 1 aromatic rings. The van der Waals surface area contributed by atoms with Gasteiger partial charge in [-0.15, -0.1) is 0 Å². The Morgan fingerprint density at radius 3 is 1.88 bits per heavy atom. The molecule has 0 spiro atoms. The highest BCUT2D eigenvalue weighted by Gasteiger charge is 2.30. The topological polar surface area (TPSA) is 18.5 Å². The summed E-state index contributed by atoms with van der Waals surface area (Å²) in [5, 5.41) is 0. The monoisotopic (exact) mass is 398 g/mol. The summed E-state index contributed by atoms with van der Waals surface area (Å²) in [6.07, 6.45) is 14.1. The lowest BCUT2D eigenvalue weighted by Crippen LogP contribution is -2.19. The van der Waals surface area contributed by atoms with Crippen molar-refractivity contribution >= 4 is 28.9 Å². The van der Waals surface area contributed by atoms with Crippen LogP contribution in [0.4, 0.5) is 0 Å². The fourth-order valence-corrected chi connectivity index (χ4v) is 9.03. The van der Waals surface area contributed by atoms with Gasteiger partial charge in [-0.05, 0) is 49.5 Å². The molecule has 0 amide bonds. The van der Waals surface area contributed by atoms with Crippen molar-refractivity contribution in [2.75, 3.05) is 5.75 Å². The van der Waals surface area contributed by atoms with Crippen molar-refractivity contribution in [3.8, 4) is 0 Å². The van der Waals surface area contributed by atoms with Crippen LogP contribution in [0.5, 0.6) is 0 Å². The highest BCUT2D eigenvalue weighted by atomic mass is 32.9. The minimum Gasteiger partial charge on any atom is -0.318 e. The number of rotatable bonds is 8. The van der Waals surface area contributed by atoms with Crippen molar-refractivity contribution in [2.45, 2.75) is 82.8 Å². The lowest BCUT2D eigenvalue weighted by Gasteiger charge is -2.33. The predicted molar refractivity (Wildman–Crippen MR) is 113 cm³/mol. The first-order valence-corrected chi connectivity index (χ1v) is 14.1. The number of benzene rings is 1. The van der Waals surface area contributed by atoms with Gasteiger partial charge in [0.15, 0.2) is 0 Å². The first-order valence-electron chi connectivity index (χ1n) is 9.89. The molecule has 5 heteroatoms. The second-order valence-electron chi connectivity index (χ2n) is 7.25. The second-order valence-corrected chi connectivity index (χ2v) is 13.6. The van der Waals surface area contributed by atoms with Gasteiger partial charge in [-0.2, -0.15) is 0 Å². The third-order valence-corrected chi connectivity index (χ3v) is 10.4. The van der Waals surface area contributed by atoms with Crippen molar-refractivity contribution in [1.82, 2.24) is 0 Å². The maximum Gasteiger partial charge on any atom is 0.247 e. The van der Waals surface area contributed by atoms with Crippen LogP contribution in [0.3, 0.4) is 0 Å². The van der Waals surface area contributed by atoms with Gasteiger partial charge in [-0.25, -0.2) is 0 Å². The van der Waals surface area contributed by atoms with Crippen LogP contribution >= 0.6 is 17.1 Å². The highest BCUT2D eigenvalue weighted by Crippen LogP contribution is 2.64.